The molecule has 2 heteroatoms. The molecule has 2 nitrogen and oxygen atoms in total. The fraction of sp³-hybridized carbons (Fsp3) is 0.182. The van der Waals surface area contributed by atoms with Crippen LogP contribution in [0.2, 0.25) is 0 Å². The van der Waals surface area contributed by atoms with Crippen LogP contribution in [-0.2, 0) is 21.7 Å². The molecule has 0 N–H and O–H groups in total. The van der Waals surface area contributed by atoms with E-state index in [0.717, 1.165) is 33.6 Å². The smallest absolute Gasteiger partial charge is 0.139 e. The predicted molar refractivity (Wildman–Crippen MR) is 286 cm³/mol. The van der Waals surface area contributed by atoms with Gasteiger partial charge >= 0.3 is 0 Å². The lowest BCUT2D eigenvalue weighted by atomic mass is 9.67. The largest absolute Gasteiger partial charge is 0.456 e. The van der Waals surface area contributed by atoms with Crippen LogP contribution in [0.1, 0.15) is 99.9 Å². The number of hydrogen-bond acceptors (Lipinski definition) is 2. The van der Waals surface area contributed by atoms with Crippen molar-refractivity contribution in [2.75, 3.05) is 4.90 Å². The van der Waals surface area contributed by atoms with Gasteiger partial charge in [0.25, 0.3) is 0 Å². The van der Waals surface area contributed by atoms with E-state index >= 15 is 0 Å². The molecule has 332 valence electrons. The fourth-order valence-corrected chi connectivity index (χ4v) is 11.8. The molecular weight excluding hydrogens is 823 g/mol. The Hall–Kier alpha value is -7.42. The highest BCUT2D eigenvalue weighted by Gasteiger charge is 2.46. The van der Waals surface area contributed by atoms with Gasteiger partial charge in [0.2, 0.25) is 0 Å². The van der Waals surface area contributed by atoms with Gasteiger partial charge < -0.3 is 9.32 Å². The average Bonchev–Trinajstić information content (AvgIpc) is 3.94. The number of nitrogens with zero attached hydrogens (tertiary/aromatic N) is 1. The summed E-state index contributed by atoms with van der Waals surface area (Å²) in [6, 6.07) is 74.9. The minimum Gasteiger partial charge on any atom is -0.456 e. The molecule has 0 spiro atoms. The SMILES string of the molecule is CC(C)(C)c1cc(C(C)(C)C)c2oc3cc4c(cc3c2c1)-c1c(N(c2ccc(-c3ccccc3)cc2)c2cccc(C3(c5ccccc5)c5ccccc5-c5ccccc53)c2)cccc1C4(C)C. The molecule has 0 saturated carbocycles. The molecule has 0 bridgehead atoms. The third kappa shape index (κ3) is 6.23. The van der Waals surface area contributed by atoms with Gasteiger partial charge in [-0.3, -0.25) is 0 Å². The highest BCUT2D eigenvalue weighted by atomic mass is 16.3. The van der Waals surface area contributed by atoms with E-state index in [1.165, 1.54) is 83.3 Å². The van der Waals surface area contributed by atoms with Crippen LogP contribution in [0.4, 0.5) is 17.1 Å². The standard InChI is InChI=1S/C66H57NO/c1-63(2,3)46-38-52-51-40-53-57(41-60(51)68-62(52)58(39-46)64(4,5)6)65(7,8)56-31-20-32-59(61(53)56)67(47-35-33-43(34-36-47)42-21-11-9-12-22-42)48-26-19-25-45(37-48)66(44-23-13-10-14-24-44)54-29-17-15-27-49(54)50-28-16-18-30-55(50)66/h9-41H,1-8H3. The van der Waals surface area contributed by atoms with E-state index in [-0.39, 0.29) is 16.2 Å². The molecule has 0 fully saturated rings. The van der Waals surface area contributed by atoms with Crippen LogP contribution in [0.3, 0.4) is 0 Å². The number of benzene rings is 9. The van der Waals surface area contributed by atoms with E-state index in [1.54, 1.807) is 0 Å². The quantitative estimate of drug-likeness (QED) is 0.165. The maximum Gasteiger partial charge on any atom is 0.139 e. The van der Waals surface area contributed by atoms with Gasteiger partial charge in [-0.15, -0.1) is 0 Å². The minimum absolute atomic E-state index is 0.0247. The lowest BCUT2D eigenvalue weighted by molar-refractivity contribution is 0.559. The maximum absolute atomic E-state index is 7.01. The number of hydrogen-bond donors (Lipinski definition) is 0. The van der Waals surface area contributed by atoms with Crippen molar-refractivity contribution in [1.29, 1.82) is 0 Å². The molecule has 1 heterocycles. The second kappa shape index (κ2) is 15.0. The van der Waals surface area contributed by atoms with Gasteiger partial charge in [0.15, 0.2) is 0 Å². The van der Waals surface area contributed by atoms with Crippen LogP contribution in [0.15, 0.2) is 205 Å². The second-order valence-electron chi connectivity index (χ2n) is 21.7. The summed E-state index contributed by atoms with van der Waals surface area (Å²) >= 11 is 0. The zero-order valence-electron chi connectivity index (χ0n) is 40.4. The normalized spacial score (nSPS) is 14.4. The lowest BCUT2D eigenvalue weighted by Crippen LogP contribution is -2.28. The van der Waals surface area contributed by atoms with Crippen LogP contribution in [0, 0.1) is 0 Å². The van der Waals surface area contributed by atoms with Gasteiger partial charge in [-0.25, -0.2) is 0 Å². The molecule has 10 aromatic rings. The zero-order valence-corrected chi connectivity index (χ0v) is 40.4. The van der Waals surface area contributed by atoms with Crippen LogP contribution in [0.5, 0.6) is 0 Å². The van der Waals surface area contributed by atoms with E-state index in [9.17, 15) is 0 Å². The molecule has 0 unspecified atom stereocenters. The van der Waals surface area contributed by atoms with Crippen molar-refractivity contribution in [2.24, 2.45) is 0 Å². The van der Waals surface area contributed by atoms with Crippen LogP contribution in [-0.4, -0.2) is 0 Å². The number of rotatable bonds is 6. The van der Waals surface area contributed by atoms with Crippen molar-refractivity contribution in [3.63, 3.8) is 0 Å². The summed E-state index contributed by atoms with van der Waals surface area (Å²) in [7, 11) is 0. The summed E-state index contributed by atoms with van der Waals surface area (Å²) < 4.78 is 7.01. The van der Waals surface area contributed by atoms with Crippen molar-refractivity contribution in [1.82, 2.24) is 0 Å². The first-order valence-electron chi connectivity index (χ1n) is 24.3. The fourth-order valence-electron chi connectivity index (χ4n) is 11.8. The minimum atomic E-state index is -0.535. The summed E-state index contributed by atoms with van der Waals surface area (Å²) in [5, 5.41) is 2.35. The van der Waals surface area contributed by atoms with Gasteiger partial charge in [-0.05, 0) is 126 Å². The van der Waals surface area contributed by atoms with E-state index in [1.807, 2.05) is 0 Å². The Bertz CT molecular complexity index is 3550. The third-order valence-corrected chi connectivity index (χ3v) is 15.2. The molecule has 1 aromatic heterocycles. The van der Waals surface area contributed by atoms with Crippen LogP contribution in [0.25, 0.3) is 55.3 Å². The van der Waals surface area contributed by atoms with Gasteiger partial charge in [0.1, 0.15) is 11.2 Å². The van der Waals surface area contributed by atoms with Gasteiger partial charge in [0, 0.05) is 38.7 Å². The first kappa shape index (κ1) is 42.0. The molecular formula is C66H57NO. The molecule has 9 aromatic carbocycles. The van der Waals surface area contributed by atoms with E-state index < -0.39 is 5.41 Å². The zero-order chi connectivity index (χ0) is 46.7. The monoisotopic (exact) mass is 879 g/mol. The second-order valence-corrected chi connectivity index (χ2v) is 21.7. The Morgan fingerprint density at radius 2 is 1.01 bits per heavy atom. The Balaban J connectivity index is 1.12. The van der Waals surface area contributed by atoms with E-state index in [4.69, 9.17) is 4.42 Å². The molecule has 12 rings (SSSR count). The molecule has 0 atom stereocenters. The number of fused-ring (bicyclic) bond motifs is 9. The van der Waals surface area contributed by atoms with Crippen molar-refractivity contribution in [3.05, 3.63) is 245 Å². The Kier molecular flexibility index (Phi) is 9.29. The van der Waals surface area contributed by atoms with Crippen LogP contribution < -0.4 is 4.90 Å². The Morgan fingerprint density at radius 1 is 0.426 bits per heavy atom. The lowest BCUT2D eigenvalue weighted by Gasteiger charge is -2.35. The summed E-state index contributed by atoms with van der Waals surface area (Å²) in [6.07, 6.45) is 0. The highest BCUT2D eigenvalue weighted by Crippen LogP contribution is 2.59. The van der Waals surface area contributed by atoms with Crippen molar-refractivity contribution >= 4 is 39.0 Å². The van der Waals surface area contributed by atoms with Crippen molar-refractivity contribution in [3.8, 4) is 33.4 Å². The average molecular weight is 880 g/mol. The Morgan fingerprint density at radius 3 is 1.68 bits per heavy atom. The van der Waals surface area contributed by atoms with Gasteiger partial charge in [-0.2, -0.15) is 0 Å². The first-order valence-corrected chi connectivity index (χ1v) is 24.3. The van der Waals surface area contributed by atoms with Crippen molar-refractivity contribution in [2.45, 2.75) is 77.0 Å². The molecule has 0 amide bonds. The summed E-state index contributed by atoms with van der Waals surface area (Å²) in [4.78, 5) is 2.51. The summed E-state index contributed by atoms with van der Waals surface area (Å²) in [5.41, 5.74) is 22.1. The number of furan rings is 1. The van der Waals surface area contributed by atoms with E-state index in [0.29, 0.717) is 0 Å². The molecule has 0 radical (unpaired) electrons. The van der Waals surface area contributed by atoms with Crippen molar-refractivity contribution < 1.29 is 4.42 Å². The third-order valence-electron chi connectivity index (χ3n) is 15.2. The molecule has 2 aliphatic rings. The van der Waals surface area contributed by atoms with Crippen LogP contribution >= 0.6 is 0 Å². The highest BCUT2D eigenvalue weighted by molar-refractivity contribution is 6.10. The summed E-state index contributed by atoms with van der Waals surface area (Å²) in [6.45, 7) is 18.6. The topological polar surface area (TPSA) is 16.4 Å². The molecule has 2 aliphatic carbocycles. The van der Waals surface area contributed by atoms with Gasteiger partial charge in [-0.1, -0.05) is 207 Å². The molecule has 0 aliphatic heterocycles. The number of anilines is 3. The van der Waals surface area contributed by atoms with E-state index in [2.05, 4.69) is 260 Å². The maximum atomic E-state index is 7.01. The first-order chi connectivity index (χ1) is 32.7. The molecule has 68 heavy (non-hydrogen) atoms. The Labute approximate surface area is 401 Å². The molecule has 0 saturated heterocycles. The van der Waals surface area contributed by atoms with Gasteiger partial charge in [0.05, 0.1) is 11.1 Å². The summed E-state index contributed by atoms with van der Waals surface area (Å²) in [5.74, 6) is 0. The predicted octanol–water partition coefficient (Wildman–Crippen LogP) is 18.0.